The van der Waals surface area contributed by atoms with Crippen molar-refractivity contribution in [2.24, 2.45) is 0 Å². The van der Waals surface area contributed by atoms with Gasteiger partial charge in [-0.15, -0.1) is 10.2 Å². The van der Waals surface area contributed by atoms with Gasteiger partial charge in [0.25, 0.3) is 0 Å². The monoisotopic (exact) mass is 450 g/mol. The molecule has 1 aliphatic carbocycles. The van der Waals surface area contributed by atoms with E-state index in [1.807, 2.05) is 0 Å². The average Bonchev–Trinajstić information content (AvgIpc) is 3.53. The highest BCUT2D eigenvalue weighted by Crippen LogP contribution is 2.39. The van der Waals surface area contributed by atoms with E-state index in [9.17, 15) is 13.2 Å². The van der Waals surface area contributed by atoms with Gasteiger partial charge >= 0.3 is 0 Å². The molecular weight excluding hydrogens is 424 g/mol. The predicted octanol–water partition coefficient (Wildman–Crippen LogP) is 2.16. The third-order valence-corrected chi connectivity index (χ3v) is 8.33. The number of hydrogen-bond acceptors (Lipinski definition) is 7. The zero-order valence-electron chi connectivity index (χ0n) is 16.8. The minimum atomic E-state index is -3.48. The lowest BCUT2D eigenvalue weighted by Gasteiger charge is -2.25. The number of nitrogens with one attached hydrogen (secondary N) is 1. The number of anilines is 1. The Morgan fingerprint density at radius 1 is 1.17 bits per heavy atom. The van der Waals surface area contributed by atoms with Gasteiger partial charge in [-0.1, -0.05) is 18.2 Å². The maximum Gasteiger partial charge on any atom is 0.243 e. The predicted molar refractivity (Wildman–Crippen MR) is 115 cm³/mol. The fraction of sp³-hybridized carbons (Fsp3) is 0.526. The molecule has 0 spiro atoms. The SMILES string of the molecule is CC(Sc1nnc(C2CC2)n1N)C(=O)Nc1ccc(S(=O)(=O)N2CCCCC2)cc1. The summed E-state index contributed by atoms with van der Waals surface area (Å²) in [4.78, 5) is 12.8. The van der Waals surface area contributed by atoms with Crippen LogP contribution in [0.25, 0.3) is 0 Å². The van der Waals surface area contributed by atoms with Gasteiger partial charge in [0, 0.05) is 24.7 Å². The van der Waals surface area contributed by atoms with Gasteiger partial charge in [0.15, 0.2) is 5.82 Å². The Kier molecular flexibility index (Phi) is 6.03. The van der Waals surface area contributed by atoms with Gasteiger partial charge in [0.2, 0.25) is 21.1 Å². The van der Waals surface area contributed by atoms with Crippen LogP contribution in [-0.2, 0) is 14.8 Å². The fourth-order valence-corrected chi connectivity index (χ4v) is 5.70. The number of nitrogens with zero attached hydrogens (tertiary/aromatic N) is 4. The van der Waals surface area contributed by atoms with Crippen molar-refractivity contribution in [3.63, 3.8) is 0 Å². The number of carbonyl (C=O) groups is 1. The molecule has 11 heteroatoms. The van der Waals surface area contributed by atoms with E-state index < -0.39 is 15.3 Å². The number of carbonyl (C=O) groups excluding carboxylic acids is 1. The lowest BCUT2D eigenvalue weighted by Crippen LogP contribution is -2.35. The van der Waals surface area contributed by atoms with E-state index in [-0.39, 0.29) is 10.8 Å². The first-order chi connectivity index (χ1) is 14.4. The molecule has 30 heavy (non-hydrogen) atoms. The normalized spacial score (nSPS) is 18.8. The zero-order valence-corrected chi connectivity index (χ0v) is 18.5. The molecular formula is C19H26N6O3S2. The number of thioether (sulfide) groups is 1. The molecule has 3 N–H and O–H groups in total. The van der Waals surface area contributed by atoms with Crippen molar-refractivity contribution >= 4 is 33.4 Å². The number of nitrogens with two attached hydrogens (primary N) is 1. The van der Waals surface area contributed by atoms with E-state index in [2.05, 4.69) is 15.5 Å². The Morgan fingerprint density at radius 2 is 1.83 bits per heavy atom. The van der Waals surface area contributed by atoms with Crippen molar-refractivity contribution in [3.05, 3.63) is 30.1 Å². The van der Waals surface area contributed by atoms with Crippen LogP contribution in [0.3, 0.4) is 0 Å². The number of piperidine rings is 1. The molecule has 1 aromatic carbocycles. The Bertz CT molecular complexity index is 1010. The number of aromatic nitrogens is 3. The molecule has 162 valence electrons. The van der Waals surface area contributed by atoms with Crippen LogP contribution >= 0.6 is 11.8 Å². The van der Waals surface area contributed by atoms with Gasteiger partial charge in [0.05, 0.1) is 10.1 Å². The van der Waals surface area contributed by atoms with Crippen LogP contribution in [0.5, 0.6) is 0 Å². The first kappa shape index (κ1) is 21.1. The van der Waals surface area contributed by atoms with Crippen LogP contribution in [0.1, 0.15) is 50.8 Å². The number of sulfonamides is 1. The summed E-state index contributed by atoms with van der Waals surface area (Å²) in [7, 11) is -3.48. The number of rotatable bonds is 7. The van der Waals surface area contributed by atoms with E-state index >= 15 is 0 Å². The highest BCUT2D eigenvalue weighted by atomic mass is 32.2. The lowest BCUT2D eigenvalue weighted by molar-refractivity contribution is -0.115. The summed E-state index contributed by atoms with van der Waals surface area (Å²) >= 11 is 1.24. The van der Waals surface area contributed by atoms with E-state index in [0.717, 1.165) is 37.9 Å². The molecule has 1 saturated carbocycles. The second-order valence-electron chi connectivity index (χ2n) is 7.72. The highest BCUT2D eigenvalue weighted by Gasteiger charge is 2.31. The van der Waals surface area contributed by atoms with Crippen LogP contribution < -0.4 is 11.2 Å². The first-order valence-corrected chi connectivity index (χ1v) is 12.5. The van der Waals surface area contributed by atoms with Gasteiger partial charge < -0.3 is 11.2 Å². The molecule has 1 aliphatic heterocycles. The van der Waals surface area contributed by atoms with Gasteiger partial charge in [-0.05, 0) is 56.9 Å². The van der Waals surface area contributed by atoms with Crippen LogP contribution in [0.15, 0.2) is 34.3 Å². The molecule has 2 fully saturated rings. The second kappa shape index (κ2) is 8.56. The minimum absolute atomic E-state index is 0.220. The average molecular weight is 451 g/mol. The van der Waals surface area contributed by atoms with E-state index in [4.69, 9.17) is 5.84 Å². The third kappa shape index (κ3) is 4.47. The van der Waals surface area contributed by atoms with Crippen molar-refractivity contribution in [2.45, 2.75) is 60.2 Å². The summed E-state index contributed by atoms with van der Waals surface area (Å²) in [6.45, 7) is 2.88. The summed E-state index contributed by atoms with van der Waals surface area (Å²) in [6, 6.07) is 6.30. The molecule has 2 heterocycles. The third-order valence-electron chi connectivity index (χ3n) is 5.36. The maximum atomic E-state index is 12.7. The molecule has 9 nitrogen and oxygen atoms in total. The molecule has 0 bridgehead atoms. The molecule has 2 aliphatic rings. The Morgan fingerprint density at radius 3 is 2.47 bits per heavy atom. The summed E-state index contributed by atoms with van der Waals surface area (Å²) in [5.74, 6) is 6.96. The zero-order chi connectivity index (χ0) is 21.3. The van der Waals surface area contributed by atoms with E-state index in [1.165, 1.54) is 32.9 Å². The van der Waals surface area contributed by atoms with E-state index in [1.54, 1.807) is 19.1 Å². The van der Waals surface area contributed by atoms with E-state index in [0.29, 0.717) is 29.9 Å². The molecule has 1 amide bonds. The number of hydrogen-bond donors (Lipinski definition) is 2. The van der Waals surface area contributed by atoms with Crippen molar-refractivity contribution in [2.75, 3.05) is 24.2 Å². The fourth-order valence-electron chi connectivity index (χ4n) is 3.41. The minimum Gasteiger partial charge on any atom is -0.336 e. The van der Waals surface area contributed by atoms with Crippen LogP contribution in [0.2, 0.25) is 0 Å². The molecule has 4 rings (SSSR count). The maximum absolute atomic E-state index is 12.7. The van der Waals surface area contributed by atoms with Gasteiger partial charge in [-0.2, -0.15) is 4.31 Å². The molecule has 1 saturated heterocycles. The van der Waals surface area contributed by atoms with Gasteiger partial charge in [-0.25, -0.2) is 13.1 Å². The lowest BCUT2D eigenvalue weighted by atomic mass is 10.2. The quantitative estimate of drug-likeness (QED) is 0.489. The Hall–Kier alpha value is -2.11. The van der Waals surface area contributed by atoms with Crippen molar-refractivity contribution < 1.29 is 13.2 Å². The first-order valence-electron chi connectivity index (χ1n) is 10.1. The standard InChI is InChI=1S/C19H26N6O3S2/c1-13(29-19-23-22-17(25(19)20)14-5-6-14)18(26)21-15-7-9-16(10-8-15)30(27,28)24-11-3-2-4-12-24/h7-10,13-14H,2-6,11-12,20H2,1H3,(H,21,26). The highest BCUT2D eigenvalue weighted by molar-refractivity contribution is 8.00. The Labute approximate surface area is 180 Å². The largest absolute Gasteiger partial charge is 0.336 e. The number of amides is 1. The van der Waals surface area contributed by atoms with Crippen LogP contribution in [0, 0.1) is 0 Å². The molecule has 1 unspecified atom stereocenters. The van der Waals surface area contributed by atoms with Gasteiger partial charge in [-0.3, -0.25) is 4.79 Å². The van der Waals surface area contributed by atoms with Gasteiger partial charge in [0.1, 0.15) is 0 Å². The van der Waals surface area contributed by atoms with Crippen molar-refractivity contribution in [3.8, 4) is 0 Å². The molecule has 1 aromatic heterocycles. The summed E-state index contributed by atoms with van der Waals surface area (Å²) in [6.07, 6.45) is 4.98. The molecule has 2 aromatic rings. The van der Waals surface area contributed by atoms with Crippen LogP contribution in [0.4, 0.5) is 5.69 Å². The number of nitrogen functional groups attached to an aromatic ring is 1. The summed E-state index contributed by atoms with van der Waals surface area (Å²) in [5, 5.41) is 11.1. The Balaban J connectivity index is 1.37. The summed E-state index contributed by atoms with van der Waals surface area (Å²) in [5.41, 5.74) is 0.540. The topological polar surface area (TPSA) is 123 Å². The molecule has 1 atom stereocenters. The van der Waals surface area contributed by atoms with Crippen LogP contribution in [-0.4, -0.2) is 51.8 Å². The smallest absolute Gasteiger partial charge is 0.243 e. The molecule has 0 radical (unpaired) electrons. The van der Waals surface area contributed by atoms with Crippen molar-refractivity contribution in [1.82, 2.24) is 19.2 Å². The summed E-state index contributed by atoms with van der Waals surface area (Å²) < 4.78 is 28.4. The second-order valence-corrected chi connectivity index (χ2v) is 11.0. The number of benzene rings is 1. The van der Waals surface area contributed by atoms with Crippen molar-refractivity contribution in [1.29, 1.82) is 0 Å².